The van der Waals surface area contributed by atoms with Crippen LogP contribution in [-0.2, 0) is 11.3 Å². The van der Waals surface area contributed by atoms with Crippen LogP contribution in [-0.4, -0.2) is 41.3 Å². The van der Waals surface area contributed by atoms with Gasteiger partial charge in [0, 0.05) is 6.92 Å². The Labute approximate surface area is 171 Å². The normalized spacial score (nSPS) is 13.8. The number of benzene rings is 1. The van der Waals surface area contributed by atoms with Crippen LogP contribution in [0.15, 0.2) is 29.3 Å². The quantitative estimate of drug-likeness (QED) is 0.496. The highest BCUT2D eigenvalue weighted by atomic mass is 19.4. The number of carbonyl (C=O) groups excluding carboxylic acids is 1. The van der Waals surface area contributed by atoms with E-state index in [1.54, 1.807) is 24.3 Å². The number of aryl methyl sites for hydroxylation is 3. The molecule has 0 N–H and O–H groups in total. The summed E-state index contributed by atoms with van der Waals surface area (Å²) in [5, 5.41) is 8.99. The predicted octanol–water partition coefficient (Wildman–Crippen LogP) is 3.98. The number of anilines is 1. The minimum Gasteiger partial charge on any atom is -0.493 e. The van der Waals surface area contributed by atoms with Crippen molar-refractivity contribution < 1.29 is 27.5 Å². The Kier molecular flexibility index (Phi) is 6.23. The van der Waals surface area contributed by atoms with E-state index in [2.05, 4.69) is 15.2 Å². The van der Waals surface area contributed by atoms with Gasteiger partial charge in [-0.1, -0.05) is 0 Å². The van der Waals surface area contributed by atoms with E-state index < -0.39 is 12.1 Å². The zero-order chi connectivity index (χ0) is 21.9. The molecule has 0 unspecified atom stereocenters. The van der Waals surface area contributed by atoms with Crippen molar-refractivity contribution in [3.05, 3.63) is 46.8 Å². The van der Waals surface area contributed by atoms with Crippen molar-refractivity contribution in [1.82, 2.24) is 10.2 Å². The summed E-state index contributed by atoms with van der Waals surface area (Å²) in [4.78, 5) is 19.4. The molecule has 10 heteroatoms. The molecule has 0 saturated carbocycles. The number of aromatic nitrogens is 2. The maximum Gasteiger partial charge on any atom is 0.471 e. The molecule has 0 amide bonds. The number of aliphatic imine (C=N–C) groups is 1. The first-order chi connectivity index (χ1) is 14.1. The van der Waals surface area contributed by atoms with Crippen molar-refractivity contribution in [3.63, 3.8) is 0 Å². The van der Waals surface area contributed by atoms with Gasteiger partial charge in [-0.15, -0.1) is 5.10 Å². The molecule has 0 fully saturated rings. The van der Waals surface area contributed by atoms with Crippen molar-refractivity contribution in [1.29, 1.82) is 0 Å². The third-order valence-corrected chi connectivity index (χ3v) is 4.42. The monoisotopic (exact) mass is 422 g/mol. The SMILES string of the molecule is CC(=O)c1ccc(CCCOc2c(C)cc(N3CN=C(C(F)(F)F)O3)cc2C)nn1. The van der Waals surface area contributed by atoms with Crippen LogP contribution in [0.1, 0.15) is 40.7 Å². The molecule has 30 heavy (non-hydrogen) atoms. The zero-order valence-electron chi connectivity index (χ0n) is 16.8. The van der Waals surface area contributed by atoms with E-state index in [-0.39, 0.29) is 12.5 Å². The first-order valence-corrected chi connectivity index (χ1v) is 9.30. The minimum atomic E-state index is -4.61. The number of nitrogens with zero attached hydrogens (tertiary/aromatic N) is 4. The summed E-state index contributed by atoms with van der Waals surface area (Å²) >= 11 is 0. The highest BCUT2D eigenvalue weighted by Gasteiger charge is 2.42. The minimum absolute atomic E-state index is 0.132. The van der Waals surface area contributed by atoms with Crippen LogP contribution in [0.25, 0.3) is 0 Å². The Hall–Kier alpha value is -3.17. The highest BCUT2D eigenvalue weighted by molar-refractivity contribution is 5.91. The van der Waals surface area contributed by atoms with Gasteiger partial charge >= 0.3 is 12.1 Å². The molecule has 0 spiro atoms. The fourth-order valence-electron chi connectivity index (χ4n) is 2.97. The third-order valence-electron chi connectivity index (χ3n) is 4.42. The number of alkyl halides is 3. The molecule has 1 aromatic carbocycles. The Bertz CT molecular complexity index is 936. The molecular weight excluding hydrogens is 401 g/mol. The van der Waals surface area contributed by atoms with Gasteiger partial charge in [-0.05, 0) is 62.1 Å². The van der Waals surface area contributed by atoms with Crippen LogP contribution in [0.2, 0.25) is 0 Å². The number of carbonyl (C=O) groups is 1. The Morgan fingerprint density at radius 1 is 1.20 bits per heavy atom. The fraction of sp³-hybridized carbons (Fsp3) is 0.400. The molecule has 7 nitrogen and oxygen atoms in total. The Balaban J connectivity index is 1.55. The molecule has 1 aliphatic heterocycles. The molecule has 3 rings (SSSR count). The van der Waals surface area contributed by atoms with Gasteiger partial charge in [0.1, 0.15) is 18.1 Å². The zero-order valence-corrected chi connectivity index (χ0v) is 16.8. The van der Waals surface area contributed by atoms with Gasteiger partial charge in [0.15, 0.2) is 5.78 Å². The molecule has 2 heterocycles. The van der Waals surface area contributed by atoms with E-state index in [1.165, 1.54) is 6.92 Å². The van der Waals surface area contributed by atoms with Gasteiger partial charge in [-0.2, -0.15) is 23.3 Å². The van der Waals surface area contributed by atoms with Crippen LogP contribution in [0, 0.1) is 13.8 Å². The van der Waals surface area contributed by atoms with Crippen molar-refractivity contribution in [3.8, 4) is 5.75 Å². The van der Waals surface area contributed by atoms with Crippen LogP contribution < -0.4 is 9.80 Å². The van der Waals surface area contributed by atoms with Gasteiger partial charge in [0.2, 0.25) is 0 Å². The lowest BCUT2D eigenvalue weighted by atomic mass is 10.1. The number of halogens is 3. The molecule has 0 saturated heterocycles. The van der Waals surface area contributed by atoms with E-state index in [1.807, 2.05) is 13.8 Å². The second kappa shape index (κ2) is 8.68. The van der Waals surface area contributed by atoms with Crippen molar-refractivity contribution in [2.75, 3.05) is 18.3 Å². The second-order valence-electron chi connectivity index (χ2n) is 6.90. The summed E-state index contributed by atoms with van der Waals surface area (Å²) in [6, 6.07) is 6.81. The second-order valence-corrected chi connectivity index (χ2v) is 6.90. The van der Waals surface area contributed by atoms with E-state index in [9.17, 15) is 18.0 Å². The summed E-state index contributed by atoms with van der Waals surface area (Å²) in [6.07, 6.45) is -3.29. The van der Waals surface area contributed by atoms with Gasteiger partial charge in [-0.25, -0.2) is 4.99 Å². The van der Waals surface area contributed by atoms with Crippen molar-refractivity contribution in [2.45, 2.75) is 39.8 Å². The van der Waals surface area contributed by atoms with Gasteiger partial charge in [0.05, 0.1) is 18.0 Å². The molecule has 2 aromatic rings. The maximum atomic E-state index is 12.7. The molecule has 0 atom stereocenters. The van der Waals surface area contributed by atoms with Crippen LogP contribution >= 0.6 is 0 Å². The molecule has 0 aliphatic carbocycles. The number of rotatable bonds is 7. The summed E-state index contributed by atoms with van der Waals surface area (Å²) in [6.45, 7) is 5.28. The maximum absolute atomic E-state index is 12.7. The average Bonchev–Trinajstić information content (AvgIpc) is 3.18. The van der Waals surface area contributed by atoms with Crippen LogP contribution in [0.3, 0.4) is 0 Å². The number of ketones is 1. The predicted molar refractivity (Wildman–Crippen MR) is 104 cm³/mol. The molecule has 0 radical (unpaired) electrons. The number of ether oxygens (including phenoxy) is 1. The summed E-state index contributed by atoms with van der Waals surface area (Å²) in [7, 11) is 0. The van der Waals surface area contributed by atoms with Crippen molar-refractivity contribution in [2.24, 2.45) is 4.99 Å². The molecule has 1 aliphatic rings. The van der Waals surface area contributed by atoms with Crippen molar-refractivity contribution >= 4 is 17.4 Å². The molecular formula is C20H21F3N4O3. The molecule has 1 aromatic heterocycles. The first-order valence-electron chi connectivity index (χ1n) is 9.30. The molecule has 160 valence electrons. The van der Waals surface area contributed by atoms with E-state index in [4.69, 9.17) is 9.57 Å². The Morgan fingerprint density at radius 3 is 2.43 bits per heavy atom. The number of hydrogen-bond acceptors (Lipinski definition) is 7. The summed E-state index contributed by atoms with van der Waals surface area (Å²) in [5.74, 6) is -0.710. The Morgan fingerprint density at radius 2 is 1.90 bits per heavy atom. The van der Waals surface area contributed by atoms with Crippen LogP contribution in [0.4, 0.5) is 18.9 Å². The summed E-state index contributed by atoms with van der Waals surface area (Å²) in [5.41, 5.74) is 3.12. The van der Waals surface area contributed by atoms with Gasteiger partial charge in [0.25, 0.3) is 0 Å². The lowest BCUT2D eigenvalue weighted by Crippen LogP contribution is -2.28. The van der Waals surface area contributed by atoms with E-state index in [0.29, 0.717) is 36.6 Å². The average molecular weight is 422 g/mol. The van der Waals surface area contributed by atoms with E-state index >= 15 is 0 Å². The van der Waals surface area contributed by atoms with Gasteiger partial charge in [-0.3, -0.25) is 4.79 Å². The number of Topliss-reactive ketones (excluding diaryl/α,β-unsaturated/α-hetero) is 1. The standard InChI is InChI=1S/C20H21F3N4O3/c1-12-9-16(27-11-24-19(30-27)20(21,22)23)10-13(2)18(12)29-8-4-5-15-6-7-17(14(3)28)26-25-15/h6-7,9-10H,4-5,8,11H2,1-3H3. The highest BCUT2D eigenvalue weighted by Crippen LogP contribution is 2.32. The largest absolute Gasteiger partial charge is 0.493 e. The first kappa shape index (κ1) is 21.5. The third kappa shape index (κ3) is 5.05. The lowest BCUT2D eigenvalue weighted by Gasteiger charge is -2.20. The smallest absolute Gasteiger partial charge is 0.471 e. The number of hydrogen-bond donors (Lipinski definition) is 0. The topological polar surface area (TPSA) is 76.9 Å². The summed E-state index contributed by atoms with van der Waals surface area (Å²) < 4.78 is 44.0. The van der Waals surface area contributed by atoms with E-state index in [0.717, 1.165) is 21.9 Å². The van der Waals surface area contributed by atoms with Gasteiger partial charge < -0.3 is 9.57 Å². The molecule has 0 bridgehead atoms. The lowest BCUT2D eigenvalue weighted by molar-refractivity contribution is -0.0764. The number of hydroxylamine groups is 1. The fourth-order valence-corrected chi connectivity index (χ4v) is 2.97. The van der Waals surface area contributed by atoms with Crippen LogP contribution in [0.5, 0.6) is 5.75 Å².